The van der Waals surface area contributed by atoms with E-state index in [9.17, 15) is 0 Å². The predicted molar refractivity (Wildman–Crippen MR) is 257 cm³/mol. The Morgan fingerprint density at radius 3 is 1.10 bits per heavy atom. The van der Waals surface area contributed by atoms with E-state index in [0.717, 1.165) is 0 Å². The topological polar surface area (TPSA) is 0 Å². The van der Waals surface area contributed by atoms with Gasteiger partial charge in [-0.1, -0.05) is 196 Å². The Kier molecular flexibility index (Phi) is 8.07. The number of hydrogen-bond donors (Lipinski definition) is 0. The van der Waals surface area contributed by atoms with E-state index >= 15 is 0 Å². The molecule has 11 rings (SSSR count). The zero-order valence-corrected chi connectivity index (χ0v) is 34.0. The van der Waals surface area contributed by atoms with E-state index in [1.54, 1.807) is 0 Å². The monoisotopic (exact) mass is 752 g/mol. The first-order valence-corrected chi connectivity index (χ1v) is 20.8. The van der Waals surface area contributed by atoms with Crippen molar-refractivity contribution in [3.63, 3.8) is 0 Å². The summed E-state index contributed by atoms with van der Waals surface area (Å²) < 4.78 is 0. The Bertz CT molecular complexity index is 3450. The van der Waals surface area contributed by atoms with Crippen molar-refractivity contribution in [2.45, 2.75) is 33.1 Å². The molecule has 0 atom stereocenters. The van der Waals surface area contributed by atoms with Crippen LogP contribution in [0.25, 0.3) is 109 Å². The molecule has 0 aromatic heterocycles. The largest absolute Gasteiger partial charge is 0.0616 e. The summed E-state index contributed by atoms with van der Waals surface area (Å²) >= 11 is 0. The fourth-order valence-electron chi connectivity index (χ4n) is 9.60. The Morgan fingerprint density at radius 1 is 0.288 bits per heavy atom. The van der Waals surface area contributed by atoms with Crippen LogP contribution in [0.3, 0.4) is 0 Å². The third kappa shape index (κ3) is 5.82. The van der Waals surface area contributed by atoms with E-state index in [4.69, 9.17) is 0 Å². The first kappa shape index (κ1) is 35.2. The maximum Gasteiger partial charge on any atom is -0.00197 e. The van der Waals surface area contributed by atoms with Crippen LogP contribution in [-0.2, 0) is 5.41 Å². The summed E-state index contributed by atoms with van der Waals surface area (Å²) in [6.07, 6.45) is 0. The molecule has 0 saturated carbocycles. The summed E-state index contributed by atoms with van der Waals surface area (Å²) in [5.74, 6) is 0. The molecule has 0 saturated heterocycles. The minimum absolute atomic E-state index is 0.0834. The van der Waals surface area contributed by atoms with Crippen LogP contribution in [0.1, 0.15) is 31.9 Å². The number of aryl methyl sites for hydroxylation is 1. The van der Waals surface area contributed by atoms with Crippen molar-refractivity contribution in [1.29, 1.82) is 0 Å². The summed E-state index contributed by atoms with van der Waals surface area (Å²) in [7, 11) is 0. The minimum Gasteiger partial charge on any atom is -0.0616 e. The quantitative estimate of drug-likeness (QED) is 0.124. The van der Waals surface area contributed by atoms with Crippen LogP contribution in [0, 0.1) is 6.92 Å². The van der Waals surface area contributed by atoms with Gasteiger partial charge in [-0.15, -0.1) is 0 Å². The highest BCUT2D eigenvalue weighted by Gasteiger charge is 2.23. The summed E-state index contributed by atoms with van der Waals surface area (Å²) in [5.41, 5.74) is 12.6. The lowest BCUT2D eigenvalue weighted by Gasteiger charge is -2.22. The molecule has 11 aromatic carbocycles. The SMILES string of the molecule is Cc1ccc(-c2ccc3c(-c4cc5ccccc5c5ccccc45)c4cc(-c5ccc(C(C)(C)C)cc5)ccc4c(-c4cc5ccccc5c5ccccc45)c3c2)cc1. The van der Waals surface area contributed by atoms with E-state index in [2.05, 4.69) is 222 Å². The molecular formula is C59H44. The van der Waals surface area contributed by atoms with Crippen molar-refractivity contribution in [3.05, 3.63) is 205 Å². The Balaban J connectivity index is 1.33. The van der Waals surface area contributed by atoms with Crippen molar-refractivity contribution in [3.8, 4) is 44.5 Å². The molecule has 0 nitrogen and oxygen atoms in total. The average Bonchev–Trinajstić information content (AvgIpc) is 3.27. The third-order valence-corrected chi connectivity index (χ3v) is 12.7. The van der Waals surface area contributed by atoms with Crippen LogP contribution >= 0.6 is 0 Å². The lowest BCUT2D eigenvalue weighted by molar-refractivity contribution is 0.590. The molecule has 0 fully saturated rings. The van der Waals surface area contributed by atoms with Gasteiger partial charge in [-0.25, -0.2) is 0 Å². The van der Waals surface area contributed by atoms with Crippen molar-refractivity contribution in [2.24, 2.45) is 0 Å². The molecule has 0 bridgehead atoms. The minimum atomic E-state index is 0.0834. The summed E-state index contributed by atoms with van der Waals surface area (Å²) in [6, 6.07) is 73.1. The van der Waals surface area contributed by atoms with Gasteiger partial charge in [0.2, 0.25) is 0 Å². The van der Waals surface area contributed by atoms with Gasteiger partial charge in [0.05, 0.1) is 0 Å². The predicted octanol–water partition coefficient (Wildman–Crippen LogP) is 16.9. The van der Waals surface area contributed by atoms with Crippen molar-refractivity contribution < 1.29 is 0 Å². The lowest BCUT2D eigenvalue weighted by atomic mass is 9.81. The molecular weight excluding hydrogens is 709 g/mol. The van der Waals surface area contributed by atoms with E-state index < -0.39 is 0 Å². The highest BCUT2D eigenvalue weighted by molar-refractivity contribution is 6.29. The first-order valence-electron chi connectivity index (χ1n) is 20.8. The van der Waals surface area contributed by atoms with Crippen LogP contribution in [0.4, 0.5) is 0 Å². The molecule has 0 heterocycles. The van der Waals surface area contributed by atoms with E-state index in [-0.39, 0.29) is 5.41 Å². The fourth-order valence-corrected chi connectivity index (χ4v) is 9.60. The number of rotatable bonds is 4. The van der Waals surface area contributed by atoms with Gasteiger partial charge in [-0.05, 0) is 151 Å². The van der Waals surface area contributed by atoms with Crippen LogP contribution in [0.2, 0.25) is 0 Å². The molecule has 11 aromatic rings. The molecule has 59 heavy (non-hydrogen) atoms. The first-order chi connectivity index (χ1) is 28.8. The highest BCUT2D eigenvalue weighted by Crippen LogP contribution is 2.50. The van der Waals surface area contributed by atoms with Gasteiger partial charge in [0.25, 0.3) is 0 Å². The highest BCUT2D eigenvalue weighted by atomic mass is 14.3. The number of fused-ring (bicyclic) bond motifs is 8. The molecule has 0 amide bonds. The molecule has 0 spiro atoms. The van der Waals surface area contributed by atoms with Crippen LogP contribution < -0.4 is 0 Å². The smallest absolute Gasteiger partial charge is 0.00197 e. The fraction of sp³-hybridized carbons (Fsp3) is 0.0847. The molecule has 0 unspecified atom stereocenters. The number of benzene rings is 11. The normalized spacial score (nSPS) is 12.1. The summed E-state index contributed by atoms with van der Waals surface area (Å²) in [4.78, 5) is 0. The number of hydrogen-bond acceptors (Lipinski definition) is 0. The van der Waals surface area contributed by atoms with Gasteiger partial charge in [0.15, 0.2) is 0 Å². The molecule has 0 heteroatoms. The van der Waals surface area contributed by atoms with Gasteiger partial charge >= 0.3 is 0 Å². The molecule has 280 valence electrons. The third-order valence-electron chi connectivity index (χ3n) is 12.7. The van der Waals surface area contributed by atoms with Gasteiger partial charge in [-0.3, -0.25) is 0 Å². The molecule has 0 aliphatic carbocycles. The standard InChI is InChI=1S/C59H44/c1-37-21-23-38(24-22-37)40-27-31-51-55(33-40)57(53-35-42-13-5-7-15-45(42)47-17-9-11-19-49(47)53)52-32-28-41(39-25-29-44(30-26-39)59(2,3)4)34-56(52)58(51)54-36-43-14-6-8-16-46(43)48-18-10-12-20-50(48)54/h5-36H,1-4H3. The second kappa shape index (κ2) is 13.5. The zero-order chi connectivity index (χ0) is 39.8. The van der Waals surface area contributed by atoms with Gasteiger partial charge < -0.3 is 0 Å². The maximum absolute atomic E-state index is 2.47. The lowest BCUT2D eigenvalue weighted by Crippen LogP contribution is -2.10. The molecule has 0 aliphatic heterocycles. The van der Waals surface area contributed by atoms with Gasteiger partial charge in [-0.2, -0.15) is 0 Å². The van der Waals surface area contributed by atoms with Crippen molar-refractivity contribution in [2.75, 3.05) is 0 Å². The van der Waals surface area contributed by atoms with Crippen molar-refractivity contribution >= 4 is 64.6 Å². The van der Waals surface area contributed by atoms with E-state index in [1.165, 1.54) is 120 Å². The van der Waals surface area contributed by atoms with Crippen molar-refractivity contribution in [1.82, 2.24) is 0 Å². The zero-order valence-electron chi connectivity index (χ0n) is 34.0. The van der Waals surface area contributed by atoms with Gasteiger partial charge in [0, 0.05) is 0 Å². The molecule has 0 aliphatic rings. The van der Waals surface area contributed by atoms with E-state index in [0.29, 0.717) is 0 Å². The second-order valence-corrected chi connectivity index (χ2v) is 17.3. The molecule has 0 radical (unpaired) electrons. The summed E-state index contributed by atoms with van der Waals surface area (Å²) in [5, 5.41) is 15.1. The van der Waals surface area contributed by atoms with E-state index in [1.807, 2.05) is 0 Å². The Hall–Kier alpha value is -7.02. The second-order valence-electron chi connectivity index (χ2n) is 17.3. The van der Waals surface area contributed by atoms with Gasteiger partial charge in [0.1, 0.15) is 0 Å². The summed E-state index contributed by atoms with van der Waals surface area (Å²) in [6.45, 7) is 9.01. The van der Waals surface area contributed by atoms with Crippen LogP contribution in [0.15, 0.2) is 194 Å². The Labute approximate surface area is 346 Å². The Morgan fingerprint density at radius 2 is 0.661 bits per heavy atom. The average molecular weight is 753 g/mol. The molecule has 0 N–H and O–H groups in total. The van der Waals surface area contributed by atoms with Crippen LogP contribution in [-0.4, -0.2) is 0 Å². The van der Waals surface area contributed by atoms with Crippen LogP contribution in [0.5, 0.6) is 0 Å². The maximum atomic E-state index is 2.47.